The van der Waals surface area contributed by atoms with Gasteiger partial charge in [0.15, 0.2) is 0 Å². The molecule has 1 aliphatic heterocycles. The van der Waals surface area contributed by atoms with Gasteiger partial charge in [-0.3, -0.25) is 14.4 Å². The summed E-state index contributed by atoms with van der Waals surface area (Å²) < 4.78 is 1.52. The zero-order valence-electron chi connectivity index (χ0n) is 17.0. The third-order valence-corrected chi connectivity index (χ3v) is 5.17. The molecule has 162 valence electrons. The quantitative estimate of drug-likeness (QED) is 0.416. The summed E-state index contributed by atoms with van der Waals surface area (Å²) >= 11 is 0. The molecular weight excluding hydrogens is 400 g/mol. The van der Waals surface area contributed by atoms with Gasteiger partial charge in [0.1, 0.15) is 29.9 Å². The predicted molar refractivity (Wildman–Crippen MR) is 111 cm³/mol. The maximum Gasteiger partial charge on any atom is 0.323 e. The molecule has 1 aliphatic rings. The van der Waals surface area contributed by atoms with Crippen molar-refractivity contribution in [3.63, 3.8) is 0 Å². The lowest BCUT2D eigenvalue weighted by Gasteiger charge is -2.30. The van der Waals surface area contributed by atoms with Gasteiger partial charge in [0.25, 0.3) is 0 Å². The average molecular weight is 424 g/mol. The zero-order valence-corrected chi connectivity index (χ0v) is 17.0. The van der Waals surface area contributed by atoms with Crippen LogP contribution in [0.2, 0.25) is 0 Å². The number of amides is 2. The van der Waals surface area contributed by atoms with Gasteiger partial charge in [-0.05, 0) is 37.8 Å². The lowest BCUT2D eigenvalue weighted by atomic mass is 9.96. The van der Waals surface area contributed by atoms with Crippen molar-refractivity contribution in [3.05, 3.63) is 41.6 Å². The van der Waals surface area contributed by atoms with E-state index in [2.05, 4.69) is 16.5 Å². The molecule has 10 heteroatoms. The zero-order chi connectivity index (χ0) is 22.4. The number of para-hydroxylation sites is 1. The van der Waals surface area contributed by atoms with Crippen molar-refractivity contribution in [2.75, 3.05) is 25.4 Å². The van der Waals surface area contributed by atoms with Crippen LogP contribution in [-0.4, -0.2) is 57.2 Å². The minimum absolute atomic E-state index is 0.263. The highest BCUT2D eigenvalue weighted by molar-refractivity contribution is 6.01. The first-order chi connectivity index (χ1) is 14.9. The highest BCUT2D eigenvalue weighted by atomic mass is 16.4. The van der Waals surface area contributed by atoms with Gasteiger partial charge in [0.2, 0.25) is 11.8 Å². The van der Waals surface area contributed by atoms with Crippen LogP contribution in [0.1, 0.15) is 30.5 Å². The summed E-state index contributed by atoms with van der Waals surface area (Å²) in [4.78, 5) is 36.8. The number of carboxylic acid groups (broad SMARTS) is 1. The van der Waals surface area contributed by atoms with Crippen molar-refractivity contribution in [1.29, 1.82) is 5.26 Å². The van der Waals surface area contributed by atoms with Gasteiger partial charge in [-0.15, -0.1) is 0 Å². The lowest BCUT2D eigenvalue weighted by Crippen LogP contribution is -2.49. The number of nitrogens with one attached hydrogen (secondary N) is 1. The van der Waals surface area contributed by atoms with Crippen molar-refractivity contribution >= 4 is 23.6 Å². The van der Waals surface area contributed by atoms with Crippen molar-refractivity contribution in [1.82, 2.24) is 20.0 Å². The second kappa shape index (κ2) is 9.75. The highest BCUT2D eigenvalue weighted by Gasteiger charge is 2.34. The average Bonchev–Trinajstić information content (AvgIpc) is 3.08. The van der Waals surface area contributed by atoms with Crippen LogP contribution in [0.3, 0.4) is 0 Å². The van der Waals surface area contributed by atoms with E-state index in [1.165, 1.54) is 9.58 Å². The number of nitrogens with two attached hydrogens (primary N) is 1. The number of aromatic nitrogens is 2. The van der Waals surface area contributed by atoms with E-state index >= 15 is 0 Å². The van der Waals surface area contributed by atoms with Crippen LogP contribution in [0.25, 0.3) is 5.69 Å². The molecule has 1 atom stereocenters. The topological polar surface area (TPSA) is 154 Å². The molecule has 1 aromatic heterocycles. The van der Waals surface area contributed by atoms with E-state index in [0.29, 0.717) is 50.0 Å². The predicted octanol–water partition coefficient (Wildman–Crippen LogP) is 0.698. The minimum atomic E-state index is -1.10. The van der Waals surface area contributed by atoms with E-state index in [1.54, 1.807) is 0 Å². The van der Waals surface area contributed by atoms with Gasteiger partial charge in [-0.1, -0.05) is 18.2 Å². The number of hydrogen-bond acceptors (Lipinski definition) is 6. The molecule has 0 radical (unpaired) electrons. The highest BCUT2D eigenvalue weighted by Crippen LogP contribution is 2.21. The van der Waals surface area contributed by atoms with Crippen molar-refractivity contribution in [2.45, 2.75) is 25.7 Å². The smallest absolute Gasteiger partial charge is 0.323 e. The summed E-state index contributed by atoms with van der Waals surface area (Å²) in [6.45, 7) is 0.243. The van der Waals surface area contributed by atoms with Crippen LogP contribution >= 0.6 is 0 Å². The number of carbonyl (C=O) groups excluding carboxylic acids is 2. The molecule has 31 heavy (non-hydrogen) atoms. The Bertz CT molecular complexity index is 1010. The number of nitrogen functional groups attached to an aromatic ring is 1. The fourth-order valence-corrected chi connectivity index (χ4v) is 3.64. The second-order valence-electron chi connectivity index (χ2n) is 7.31. The molecule has 0 saturated carbocycles. The van der Waals surface area contributed by atoms with Gasteiger partial charge >= 0.3 is 5.97 Å². The molecule has 2 aromatic rings. The molecule has 10 nitrogen and oxygen atoms in total. The number of aliphatic carboxylic acids is 1. The van der Waals surface area contributed by atoms with E-state index in [-0.39, 0.29) is 5.82 Å². The van der Waals surface area contributed by atoms with E-state index in [0.717, 1.165) is 5.69 Å². The van der Waals surface area contributed by atoms with E-state index < -0.39 is 30.2 Å². The van der Waals surface area contributed by atoms with E-state index in [1.807, 2.05) is 30.3 Å². The fraction of sp³-hybridized carbons (Fsp3) is 0.381. The van der Waals surface area contributed by atoms with Gasteiger partial charge < -0.3 is 21.1 Å². The Morgan fingerprint density at radius 1 is 1.32 bits per heavy atom. The molecule has 1 fully saturated rings. The van der Waals surface area contributed by atoms with Crippen LogP contribution < -0.4 is 11.1 Å². The van der Waals surface area contributed by atoms with Crippen LogP contribution in [-0.2, 0) is 20.8 Å². The maximum absolute atomic E-state index is 12.4. The van der Waals surface area contributed by atoms with Crippen molar-refractivity contribution in [3.8, 4) is 11.8 Å². The molecule has 0 bridgehead atoms. The molecule has 0 spiro atoms. The normalized spacial score (nSPS) is 16.0. The summed E-state index contributed by atoms with van der Waals surface area (Å²) in [5, 5.41) is 25.5. The Kier molecular flexibility index (Phi) is 6.87. The Hall–Kier alpha value is -3.87. The van der Waals surface area contributed by atoms with Gasteiger partial charge in [0, 0.05) is 13.1 Å². The third-order valence-electron chi connectivity index (χ3n) is 5.17. The Balaban J connectivity index is 1.56. The maximum atomic E-state index is 12.4. The number of piperidine rings is 1. The number of nitrogens with zero attached hydrogens (tertiary/aromatic N) is 4. The molecule has 3 rings (SSSR count). The summed E-state index contributed by atoms with van der Waals surface area (Å²) in [5.41, 5.74) is 7.68. The number of nitriles is 1. The van der Waals surface area contributed by atoms with E-state index in [9.17, 15) is 19.6 Å². The standard InChI is InChI=1S/C21H24N6O4/c22-12-16-17(25-27(19(16)23)14-6-2-1-3-7-14)9-4-10-24-20(30)15-8-5-11-26(21(15)31)13-18(28)29/h1-3,6-7,15H,4-5,8-11,13,23H2,(H,24,30)(H,28,29). The molecule has 1 unspecified atom stereocenters. The molecule has 2 heterocycles. The van der Waals surface area contributed by atoms with Gasteiger partial charge in [0.05, 0.1) is 11.4 Å². The number of carbonyl (C=O) groups is 3. The first kappa shape index (κ1) is 21.8. The number of rotatable bonds is 8. The molecule has 4 N–H and O–H groups in total. The number of aryl methyl sites for hydroxylation is 1. The molecule has 1 aromatic carbocycles. The molecule has 1 saturated heterocycles. The van der Waals surface area contributed by atoms with Crippen LogP contribution in [0.4, 0.5) is 5.82 Å². The largest absolute Gasteiger partial charge is 0.480 e. The van der Waals surface area contributed by atoms with Crippen molar-refractivity contribution in [2.24, 2.45) is 5.92 Å². The Morgan fingerprint density at radius 2 is 2.06 bits per heavy atom. The van der Waals surface area contributed by atoms with Gasteiger partial charge in [-0.25, -0.2) is 4.68 Å². The fourth-order valence-electron chi connectivity index (χ4n) is 3.64. The third kappa shape index (κ3) is 5.01. The second-order valence-corrected chi connectivity index (χ2v) is 7.31. The van der Waals surface area contributed by atoms with Crippen LogP contribution in [0, 0.1) is 17.2 Å². The SMILES string of the molecule is N#Cc1c(CCCNC(=O)C2CCCN(CC(=O)O)C2=O)nn(-c2ccccc2)c1N. The number of anilines is 1. The van der Waals surface area contributed by atoms with Crippen LogP contribution in [0.5, 0.6) is 0 Å². The molecule has 2 amide bonds. The van der Waals surface area contributed by atoms with Crippen LogP contribution in [0.15, 0.2) is 30.3 Å². The molecule has 0 aliphatic carbocycles. The number of hydrogen-bond donors (Lipinski definition) is 3. The van der Waals surface area contributed by atoms with Gasteiger partial charge in [-0.2, -0.15) is 10.4 Å². The minimum Gasteiger partial charge on any atom is -0.480 e. The number of benzene rings is 1. The number of carboxylic acids is 1. The Labute approximate surface area is 179 Å². The lowest BCUT2D eigenvalue weighted by molar-refractivity contribution is -0.151. The first-order valence-corrected chi connectivity index (χ1v) is 10.0. The summed E-state index contributed by atoms with van der Waals surface area (Å²) in [6, 6.07) is 11.3. The first-order valence-electron chi connectivity index (χ1n) is 10.0. The van der Waals surface area contributed by atoms with E-state index in [4.69, 9.17) is 10.8 Å². The monoisotopic (exact) mass is 424 g/mol. The number of likely N-dealkylation sites (tertiary alicyclic amines) is 1. The summed E-state index contributed by atoms with van der Waals surface area (Å²) in [7, 11) is 0. The molecular formula is C21H24N6O4. The summed E-state index contributed by atoms with van der Waals surface area (Å²) in [6.07, 6.45) is 1.92. The Morgan fingerprint density at radius 3 is 2.74 bits per heavy atom. The summed E-state index contributed by atoms with van der Waals surface area (Å²) in [5.74, 6) is -2.56. The van der Waals surface area contributed by atoms with Crippen molar-refractivity contribution < 1.29 is 19.5 Å².